The molecule has 1 rings (SSSR count). The van der Waals surface area contributed by atoms with Crippen molar-refractivity contribution in [3.63, 3.8) is 0 Å². The summed E-state index contributed by atoms with van der Waals surface area (Å²) in [6.07, 6.45) is -3.79. The number of hydrogen-bond donors (Lipinski definition) is 4. The Morgan fingerprint density at radius 1 is 1.35 bits per heavy atom. The Bertz CT molecular complexity index is 516. The number of ether oxygens (including phenoxy) is 2. The number of hydrogen-bond acceptors (Lipinski definition) is 7. The summed E-state index contributed by atoms with van der Waals surface area (Å²) in [6.45, 7) is -0.597. The van der Waals surface area contributed by atoms with E-state index >= 15 is 0 Å². The molecule has 0 radical (unpaired) electrons. The van der Waals surface area contributed by atoms with Gasteiger partial charge >= 0.3 is 20.7 Å². The summed E-state index contributed by atoms with van der Waals surface area (Å²) in [5.41, 5.74) is 0. The summed E-state index contributed by atoms with van der Waals surface area (Å²) in [5.74, 6) is 0. The minimum absolute atomic E-state index is 0.214. The molecule has 0 saturated carbocycles. The lowest BCUT2D eigenvalue weighted by Gasteiger charge is -2.37. The molecule has 0 aliphatic carbocycles. The van der Waals surface area contributed by atoms with Gasteiger partial charge in [-0.15, -0.1) is 0 Å². The van der Waals surface area contributed by atoms with Gasteiger partial charge in [-0.3, -0.25) is 9.11 Å². The molecule has 0 aromatic rings. The topological polar surface area (TPSA) is 172 Å². The van der Waals surface area contributed by atoms with Crippen molar-refractivity contribution in [1.82, 2.24) is 4.72 Å². The first kappa shape index (κ1) is 17.7. The van der Waals surface area contributed by atoms with Crippen molar-refractivity contribution < 1.29 is 44.7 Å². The third-order valence-corrected chi connectivity index (χ3v) is 3.43. The second-order valence-corrected chi connectivity index (χ2v) is 6.24. The van der Waals surface area contributed by atoms with Gasteiger partial charge in [-0.1, -0.05) is 7.11 Å². The van der Waals surface area contributed by atoms with Crippen molar-refractivity contribution in [3.05, 3.63) is 7.11 Å². The quantitative estimate of drug-likeness (QED) is 0.229. The molecule has 0 amide bonds. The highest BCUT2D eigenvalue weighted by atomic mass is 32.3. The van der Waals surface area contributed by atoms with Crippen LogP contribution in [0.4, 0.5) is 0 Å². The van der Waals surface area contributed by atoms with Crippen LogP contribution >= 0.6 is 0 Å². The zero-order chi connectivity index (χ0) is 15.6. The standard InChI is InChI=1S/C7H15NO10S2/c1-16-7-6(8-19(10,11)12)5(9)2-4(18-7)3-17-20(13,14)15/h4-9,16H,1-3H2,(H,10,11,12)(H,13,14,15). The van der Waals surface area contributed by atoms with Gasteiger partial charge in [-0.2, -0.15) is 21.6 Å². The molecule has 1 fully saturated rings. The number of rotatable bonds is 6. The van der Waals surface area contributed by atoms with Crippen LogP contribution in [0.3, 0.4) is 0 Å². The monoisotopic (exact) mass is 337 g/mol. The van der Waals surface area contributed by atoms with E-state index in [1.165, 1.54) is 0 Å². The lowest BCUT2D eigenvalue weighted by molar-refractivity contribution is -0.270. The van der Waals surface area contributed by atoms with E-state index in [1.807, 2.05) is 0 Å². The molecule has 13 heteroatoms. The molecule has 4 unspecified atom stereocenters. The first-order chi connectivity index (χ1) is 9.02. The van der Waals surface area contributed by atoms with E-state index < -0.39 is 51.8 Å². The number of nitrogens with one attached hydrogen (secondary N) is 1. The zero-order valence-electron chi connectivity index (χ0n) is 9.99. The molecule has 120 valence electrons. The van der Waals surface area contributed by atoms with E-state index in [1.54, 1.807) is 4.72 Å². The molecule has 1 aliphatic heterocycles. The molecule has 1 aliphatic rings. The van der Waals surface area contributed by atoms with Crippen molar-refractivity contribution in [3.8, 4) is 0 Å². The van der Waals surface area contributed by atoms with E-state index in [4.69, 9.17) is 13.8 Å². The van der Waals surface area contributed by atoms with E-state index in [-0.39, 0.29) is 6.42 Å². The minimum atomic E-state index is -4.67. The molecule has 11 nitrogen and oxygen atoms in total. The Morgan fingerprint density at radius 3 is 2.40 bits per heavy atom. The lowest BCUT2D eigenvalue weighted by atomic mass is 10.0. The maximum absolute atomic E-state index is 10.7. The normalized spacial score (nSPS) is 32.2. The molecule has 0 aromatic heterocycles. The third-order valence-electron chi connectivity index (χ3n) is 2.43. The van der Waals surface area contributed by atoms with Gasteiger partial charge in [0.25, 0.3) is 6.29 Å². The Hall–Kier alpha value is -0.380. The first-order valence-electron chi connectivity index (χ1n) is 5.18. The molecule has 1 saturated heterocycles. The van der Waals surface area contributed by atoms with Crippen LogP contribution in [0.1, 0.15) is 6.42 Å². The van der Waals surface area contributed by atoms with Gasteiger partial charge in [-0.05, 0) is 0 Å². The van der Waals surface area contributed by atoms with Gasteiger partial charge in [0.05, 0.1) is 18.8 Å². The molecule has 1 heterocycles. The molecular weight excluding hydrogens is 322 g/mol. The molecule has 5 N–H and O–H groups in total. The van der Waals surface area contributed by atoms with Crippen LogP contribution in [0.15, 0.2) is 0 Å². The summed E-state index contributed by atoms with van der Waals surface area (Å²) in [5, 5.41) is 9.76. The fraction of sp³-hybridized carbons (Fsp3) is 0.857. The average Bonchev–Trinajstić information content (AvgIpc) is 2.26. The second kappa shape index (κ2) is 6.59. The maximum Gasteiger partial charge on any atom is 0.397 e. The highest BCUT2D eigenvalue weighted by Crippen LogP contribution is 2.21. The second-order valence-electron chi connectivity index (χ2n) is 3.97. The lowest BCUT2D eigenvalue weighted by Crippen LogP contribution is -2.58. The van der Waals surface area contributed by atoms with Crippen LogP contribution in [-0.2, 0) is 29.6 Å². The first-order valence-corrected chi connectivity index (χ1v) is 7.98. The Balaban J connectivity index is 2.70. The van der Waals surface area contributed by atoms with E-state index in [0.29, 0.717) is 0 Å². The van der Waals surface area contributed by atoms with Crippen molar-refractivity contribution in [2.24, 2.45) is 0 Å². The fourth-order valence-electron chi connectivity index (χ4n) is 1.68. The zero-order valence-corrected chi connectivity index (χ0v) is 11.6. The van der Waals surface area contributed by atoms with Crippen LogP contribution < -0.4 is 4.72 Å². The van der Waals surface area contributed by atoms with Crippen molar-refractivity contribution in [2.75, 3.05) is 6.61 Å². The smallest absolute Gasteiger partial charge is 0.397 e. The van der Waals surface area contributed by atoms with E-state index in [2.05, 4.69) is 16.0 Å². The number of aliphatic hydroxyl groups is 3. The summed E-state index contributed by atoms with van der Waals surface area (Å²) in [4.78, 5) is 0. The third kappa shape index (κ3) is 5.94. The minimum Gasteiger partial charge on any atom is -0.556 e. The maximum atomic E-state index is 10.7. The molecule has 0 bridgehead atoms. The van der Waals surface area contributed by atoms with Gasteiger partial charge in [0.2, 0.25) is 0 Å². The summed E-state index contributed by atoms with van der Waals surface area (Å²) < 4.78 is 73.7. The molecular formula is C7H15NO10S2. The van der Waals surface area contributed by atoms with Crippen LogP contribution in [0.25, 0.3) is 0 Å². The predicted octanol–water partition coefficient (Wildman–Crippen LogP) is -2.64. The summed E-state index contributed by atoms with van der Waals surface area (Å²) in [7, 11) is -6.13. The van der Waals surface area contributed by atoms with Gasteiger partial charge in [-0.25, -0.2) is 4.18 Å². The number of aliphatic hydroxyl groups excluding tert-OH is 1. The predicted molar refractivity (Wildman–Crippen MR) is 62.8 cm³/mol. The average molecular weight is 337 g/mol. The van der Waals surface area contributed by atoms with Crippen molar-refractivity contribution in [2.45, 2.75) is 31.0 Å². The Labute approximate surface area is 115 Å². The summed E-state index contributed by atoms with van der Waals surface area (Å²) >= 11 is 0. The Morgan fingerprint density at radius 2 is 1.95 bits per heavy atom. The van der Waals surface area contributed by atoms with Gasteiger partial charge in [0.15, 0.2) is 0 Å². The van der Waals surface area contributed by atoms with Gasteiger partial charge in [0, 0.05) is 6.42 Å². The van der Waals surface area contributed by atoms with Crippen LogP contribution in [0, 0.1) is 7.11 Å². The van der Waals surface area contributed by atoms with Crippen LogP contribution in [0.5, 0.6) is 0 Å². The van der Waals surface area contributed by atoms with Crippen LogP contribution in [0.2, 0.25) is 0 Å². The van der Waals surface area contributed by atoms with E-state index in [0.717, 1.165) is 0 Å². The SMILES string of the molecule is [CH2-][OH+]C1OC(COS(=O)(=O)O)CC(O)C1NS(=O)(=O)O. The molecule has 0 aromatic carbocycles. The van der Waals surface area contributed by atoms with E-state index in [9.17, 15) is 21.9 Å². The van der Waals surface area contributed by atoms with Crippen LogP contribution in [-0.4, -0.2) is 66.9 Å². The molecule has 4 atom stereocenters. The van der Waals surface area contributed by atoms with Gasteiger partial charge < -0.3 is 14.6 Å². The highest BCUT2D eigenvalue weighted by molar-refractivity contribution is 7.83. The van der Waals surface area contributed by atoms with Gasteiger partial charge in [0.1, 0.15) is 6.04 Å². The molecule has 0 spiro atoms. The van der Waals surface area contributed by atoms with Crippen molar-refractivity contribution >= 4 is 20.7 Å². The Kier molecular flexibility index (Phi) is 5.82. The summed E-state index contributed by atoms with van der Waals surface area (Å²) in [6, 6.07) is -1.29. The largest absolute Gasteiger partial charge is 0.556 e. The molecule has 20 heavy (non-hydrogen) atoms. The van der Waals surface area contributed by atoms with Crippen molar-refractivity contribution in [1.29, 1.82) is 0 Å². The highest BCUT2D eigenvalue weighted by Gasteiger charge is 2.42. The fourth-order valence-corrected chi connectivity index (χ4v) is 2.62.